The molecule has 1 fully saturated rings. The molecule has 3 aromatic rings. The third kappa shape index (κ3) is 5.04. The molecule has 1 aliphatic heterocycles. The van der Waals surface area contributed by atoms with Gasteiger partial charge in [0, 0.05) is 25.7 Å². The Morgan fingerprint density at radius 2 is 2.10 bits per heavy atom. The fourth-order valence-electron chi connectivity index (χ4n) is 3.32. The third-order valence-electron chi connectivity index (χ3n) is 4.97. The van der Waals surface area contributed by atoms with Crippen LogP contribution in [0.4, 0.5) is 5.00 Å². The van der Waals surface area contributed by atoms with Crippen LogP contribution in [-0.4, -0.2) is 67.4 Å². The molecule has 1 aromatic carbocycles. The second kappa shape index (κ2) is 9.90. The molecule has 164 valence electrons. The number of thiophene rings is 1. The Labute approximate surface area is 183 Å². The molecule has 0 unspecified atom stereocenters. The number of fused-ring (bicyclic) bond motifs is 1. The lowest BCUT2D eigenvalue weighted by Gasteiger charge is -2.26. The number of ether oxygens (including phenoxy) is 4. The summed E-state index contributed by atoms with van der Waals surface area (Å²) in [7, 11) is 1.56. The minimum absolute atomic E-state index is 0.137. The summed E-state index contributed by atoms with van der Waals surface area (Å²) in [4.78, 5) is 23.2. The van der Waals surface area contributed by atoms with Crippen LogP contribution in [0.15, 0.2) is 29.9 Å². The van der Waals surface area contributed by atoms with Crippen molar-refractivity contribution in [2.45, 2.75) is 6.42 Å². The number of nitrogen functional groups attached to an aromatic ring is 1. The summed E-state index contributed by atoms with van der Waals surface area (Å²) in [6.07, 6.45) is 2.23. The van der Waals surface area contributed by atoms with Crippen LogP contribution in [0.25, 0.3) is 10.9 Å². The highest BCUT2D eigenvalue weighted by Gasteiger charge is 2.18. The predicted molar refractivity (Wildman–Crippen MR) is 117 cm³/mol. The van der Waals surface area contributed by atoms with Crippen molar-refractivity contribution in [3.05, 3.63) is 35.5 Å². The molecular weight excluding hydrogens is 420 g/mol. The summed E-state index contributed by atoms with van der Waals surface area (Å²) in [5, 5.41) is 2.67. The van der Waals surface area contributed by atoms with Gasteiger partial charge in [0.1, 0.15) is 11.3 Å². The highest BCUT2D eigenvalue weighted by molar-refractivity contribution is 7.14. The van der Waals surface area contributed by atoms with E-state index < -0.39 is 5.97 Å². The summed E-state index contributed by atoms with van der Waals surface area (Å²) in [6, 6.07) is 5.10. The molecule has 0 atom stereocenters. The van der Waals surface area contributed by atoms with Gasteiger partial charge in [0.25, 0.3) is 0 Å². The number of methoxy groups -OCH3 is 1. The summed E-state index contributed by atoms with van der Waals surface area (Å²) < 4.78 is 22.3. The first kappa shape index (κ1) is 21.3. The van der Waals surface area contributed by atoms with Gasteiger partial charge in [-0.05, 0) is 23.9 Å². The van der Waals surface area contributed by atoms with Crippen molar-refractivity contribution in [2.75, 3.05) is 52.3 Å². The average Bonchev–Trinajstić information content (AvgIpc) is 3.23. The van der Waals surface area contributed by atoms with Crippen molar-refractivity contribution < 1.29 is 23.7 Å². The Morgan fingerprint density at radius 1 is 1.26 bits per heavy atom. The lowest BCUT2D eigenvalue weighted by Crippen LogP contribution is -2.37. The van der Waals surface area contributed by atoms with Gasteiger partial charge in [0.2, 0.25) is 5.88 Å². The van der Waals surface area contributed by atoms with E-state index in [2.05, 4.69) is 14.9 Å². The fourth-order valence-corrected chi connectivity index (χ4v) is 3.95. The molecule has 0 saturated carbocycles. The van der Waals surface area contributed by atoms with E-state index in [-0.39, 0.29) is 5.88 Å². The van der Waals surface area contributed by atoms with Gasteiger partial charge in [-0.3, -0.25) is 4.90 Å². The van der Waals surface area contributed by atoms with E-state index in [1.807, 2.05) is 0 Å². The second-order valence-electron chi connectivity index (χ2n) is 6.94. The van der Waals surface area contributed by atoms with Crippen molar-refractivity contribution in [3.63, 3.8) is 0 Å². The molecule has 1 saturated heterocycles. The highest BCUT2D eigenvalue weighted by Crippen LogP contribution is 2.35. The van der Waals surface area contributed by atoms with Crippen LogP contribution in [0.3, 0.4) is 0 Å². The van der Waals surface area contributed by atoms with Crippen LogP contribution < -0.4 is 19.9 Å². The first-order chi connectivity index (χ1) is 15.2. The van der Waals surface area contributed by atoms with E-state index in [0.717, 1.165) is 39.3 Å². The zero-order chi connectivity index (χ0) is 21.6. The van der Waals surface area contributed by atoms with Gasteiger partial charge in [-0.25, -0.2) is 14.8 Å². The number of rotatable bonds is 8. The number of morpholine rings is 1. The first-order valence-electron chi connectivity index (χ1n) is 9.96. The smallest absolute Gasteiger partial charge is 0.347 e. The Morgan fingerprint density at radius 3 is 2.84 bits per heavy atom. The molecule has 0 amide bonds. The first-order valence-corrected chi connectivity index (χ1v) is 10.8. The summed E-state index contributed by atoms with van der Waals surface area (Å²) in [5.74, 6) is 0.662. The number of benzene rings is 1. The van der Waals surface area contributed by atoms with Crippen LogP contribution in [0.2, 0.25) is 0 Å². The maximum atomic E-state index is 12.4. The van der Waals surface area contributed by atoms with Crippen LogP contribution >= 0.6 is 11.3 Å². The van der Waals surface area contributed by atoms with E-state index in [1.165, 1.54) is 17.7 Å². The molecule has 4 rings (SSSR count). The monoisotopic (exact) mass is 444 g/mol. The van der Waals surface area contributed by atoms with Gasteiger partial charge in [-0.15, -0.1) is 11.3 Å². The quantitative estimate of drug-likeness (QED) is 0.414. The molecule has 1 aliphatic rings. The van der Waals surface area contributed by atoms with Gasteiger partial charge in [0.05, 0.1) is 43.4 Å². The number of carbonyl (C=O) groups is 1. The second-order valence-corrected chi connectivity index (χ2v) is 7.89. The Bertz CT molecular complexity index is 1050. The third-order valence-corrected chi connectivity index (χ3v) is 5.71. The van der Waals surface area contributed by atoms with E-state index in [9.17, 15) is 4.79 Å². The Hall–Kier alpha value is -2.95. The van der Waals surface area contributed by atoms with Gasteiger partial charge in [-0.1, -0.05) is 0 Å². The number of esters is 1. The number of aromatic nitrogens is 2. The fraction of sp³-hybridized carbons (Fsp3) is 0.381. The van der Waals surface area contributed by atoms with Crippen LogP contribution in [0, 0.1) is 0 Å². The summed E-state index contributed by atoms with van der Waals surface area (Å²) >= 11 is 1.27. The van der Waals surface area contributed by atoms with Crippen LogP contribution in [0.5, 0.6) is 17.4 Å². The molecule has 31 heavy (non-hydrogen) atoms. The molecule has 9 nitrogen and oxygen atoms in total. The SMILES string of the molecule is COc1cc2c(OC(=O)c3ccsc3N)ncnc2cc1OCCCN1CCOCC1. The Kier molecular flexibility index (Phi) is 6.80. The number of hydrogen-bond acceptors (Lipinski definition) is 10. The number of nitrogens with zero attached hydrogens (tertiary/aromatic N) is 3. The molecule has 0 aliphatic carbocycles. The molecule has 2 aromatic heterocycles. The molecule has 0 bridgehead atoms. The standard InChI is InChI=1S/C21H24N4O5S/c1-27-17-11-15-16(12-18(17)29-7-2-4-25-5-8-28-9-6-25)23-13-24-20(15)30-21(26)14-3-10-31-19(14)22/h3,10-13H,2,4-9,22H2,1H3. The zero-order valence-electron chi connectivity index (χ0n) is 17.2. The number of carbonyl (C=O) groups excluding carboxylic acids is 1. The summed E-state index contributed by atoms with van der Waals surface area (Å²) in [6.45, 7) is 4.97. The van der Waals surface area contributed by atoms with E-state index in [1.54, 1.807) is 30.7 Å². The van der Waals surface area contributed by atoms with Crippen molar-refractivity contribution in [1.82, 2.24) is 14.9 Å². The van der Waals surface area contributed by atoms with Gasteiger partial charge >= 0.3 is 5.97 Å². The maximum absolute atomic E-state index is 12.4. The predicted octanol–water partition coefficient (Wildman–Crippen LogP) is 2.60. The van der Waals surface area contributed by atoms with Crippen molar-refractivity contribution >= 4 is 33.2 Å². The van der Waals surface area contributed by atoms with E-state index in [0.29, 0.717) is 39.6 Å². The lowest BCUT2D eigenvalue weighted by atomic mass is 10.2. The number of nitrogens with two attached hydrogens (primary N) is 1. The summed E-state index contributed by atoms with van der Waals surface area (Å²) in [5.41, 5.74) is 6.71. The average molecular weight is 445 g/mol. The molecular formula is C21H24N4O5S. The number of anilines is 1. The van der Waals surface area contributed by atoms with E-state index >= 15 is 0 Å². The highest BCUT2D eigenvalue weighted by atomic mass is 32.1. The zero-order valence-corrected chi connectivity index (χ0v) is 18.0. The maximum Gasteiger partial charge on any atom is 0.347 e. The Balaban J connectivity index is 1.47. The normalized spacial score (nSPS) is 14.5. The van der Waals surface area contributed by atoms with Crippen LogP contribution in [-0.2, 0) is 4.74 Å². The minimum Gasteiger partial charge on any atom is -0.493 e. The minimum atomic E-state index is -0.568. The molecule has 10 heteroatoms. The number of hydrogen-bond donors (Lipinski definition) is 1. The topological polar surface area (TPSA) is 109 Å². The molecule has 3 heterocycles. The van der Waals surface area contributed by atoms with E-state index in [4.69, 9.17) is 24.7 Å². The van der Waals surface area contributed by atoms with Crippen molar-refractivity contribution in [3.8, 4) is 17.4 Å². The lowest BCUT2D eigenvalue weighted by molar-refractivity contribution is 0.0357. The largest absolute Gasteiger partial charge is 0.493 e. The molecule has 0 spiro atoms. The van der Waals surface area contributed by atoms with Crippen molar-refractivity contribution in [1.29, 1.82) is 0 Å². The van der Waals surface area contributed by atoms with Gasteiger partial charge in [0.15, 0.2) is 11.5 Å². The van der Waals surface area contributed by atoms with Crippen LogP contribution in [0.1, 0.15) is 16.8 Å². The molecule has 0 radical (unpaired) electrons. The van der Waals surface area contributed by atoms with Gasteiger partial charge in [-0.2, -0.15) is 0 Å². The molecule has 2 N–H and O–H groups in total. The van der Waals surface area contributed by atoms with Crippen molar-refractivity contribution in [2.24, 2.45) is 0 Å². The van der Waals surface area contributed by atoms with Gasteiger partial charge < -0.3 is 24.7 Å².